The van der Waals surface area contributed by atoms with E-state index in [0.717, 1.165) is 32.7 Å². The van der Waals surface area contributed by atoms with Gasteiger partial charge in [0.05, 0.1) is 6.10 Å². The zero-order valence-corrected chi connectivity index (χ0v) is 10.7. The predicted molar refractivity (Wildman–Crippen MR) is 69.6 cm³/mol. The molecule has 1 aliphatic heterocycles. The van der Waals surface area contributed by atoms with Gasteiger partial charge in [-0.2, -0.15) is 0 Å². The van der Waals surface area contributed by atoms with Gasteiger partial charge in [0.1, 0.15) is 0 Å². The molecule has 1 aliphatic rings. The standard InChI is InChI=1S/C14H22N2O/c1-3-15-7-12-4-5-13-9-16(8-11(2)17)10-14(13)6-12/h4-6,11,15,17H,3,7-10H2,1-2H3. The lowest BCUT2D eigenvalue weighted by Gasteiger charge is -2.16. The molecular weight excluding hydrogens is 212 g/mol. The molecule has 1 aromatic rings. The topological polar surface area (TPSA) is 35.5 Å². The van der Waals surface area contributed by atoms with E-state index in [-0.39, 0.29) is 6.10 Å². The second kappa shape index (κ2) is 5.63. The summed E-state index contributed by atoms with van der Waals surface area (Å²) >= 11 is 0. The highest BCUT2D eigenvalue weighted by molar-refractivity contribution is 5.34. The quantitative estimate of drug-likeness (QED) is 0.810. The summed E-state index contributed by atoms with van der Waals surface area (Å²) in [5.41, 5.74) is 4.18. The van der Waals surface area contributed by atoms with Gasteiger partial charge in [0, 0.05) is 26.2 Å². The third kappa shape index (κ3) is 3.28. The maximum absolute atomic E-state index is 9.41. The summed E-state index contributed by atoms with van der Waals surface area (Å²) in [6.07, 6.45) is -0.245. The smallest absolute Gasteiger partial charge is 0.0639 e. The fourth-order valence-electron chi connectivity index (χ4n) is 2.40. The Morgan fingerprint density at radius 2 is 2.12 bits per heavy atom. The summed E-state index contributed by atoms with van der Waals surface area (Å²) in [5.74, 6) is 0. The molecule has 0 radical (unpaired) electrons. The molecule has 1 aromatic carbocycles. The van der Waals surface area contributed by atoms with Crippen LogP contribution < -0.4 is 5.32 Å². The lowest BCUT2D eigenvalue weighted by atomic mass is 10.1. The van der Waals surface area contributed by atoms with Crippen LogP contribution in [0.3, 0.4) is 0 Å². The Kier molecular flexibility index (Phi) is 4.15. The van der Waals surface area contributed by atoms with Gasteiger partial charge in [0.2, 0.25) is 0 Å². The van der Waals surface area contributed by atoms with Crippen LogP contribution in [0.15, 0.2) is 18.2 Å². The highest BCUT2D eigenvalue weighted by atomic mass is 16.3. The van der Waals surface area contributed by atoms with E-state index in [1.165, 1.54) is 16.7 Å². The van der Waals surface area contributed by atoms with Crippen molar-refractivity contribution in [3.8, 4) is 0 Å². The number of benzene rings is 1. The van der Waals surface area contributed by atoms with E-state index in [0.29, 0.717) is 0 Å². The first kappa shape index (κ1) is 12.6. The zero-order valence-electron chi connectivity index (χ0n) is 10.7. The largest absolute Gasteiger partial charge is 0.392 e. The Bertz CT molecular complexity index is 376. The molecule has 0 fully saturated rings. The first-order valence-electron chi connectivity index (χ1n) is 6.41. The van der Waals surface area contributed by atoms with Crippen LogP contribution in [0.5, 0.6) is 0 Å². The monoisotopic (exact) mass is 234 g/mol. The van der Waals surface area contributed by atoms with Crippen molar-refractivity contribution < 1.29 is 5.11 Å². The van der Waals surface area contributed by atoms with Crippen molar-refractivity contribution in [2.45, 2.75) is 39.6 Å². The molecule has 3 heteroatoms. The van der Waals surface area contributed by atoms with Crippen LogP contribution in [0, 0.1) is 0 Å². The number of aliphatic hydroxyl groups is 1. The van der Waals surface area contributed by atoms with E-state index in [4.69, 9.17) is 0 Å². The van der Waals surface area contributed by atoms with Crippen molar-refractivity contribution >= 4 is 0 Å². The van der Waals surface area contributed by atoms with E-state index >= 15 is 0 Å². The molecule has 0 bridgehead atoms. The SMILES string of the molecule is CCNCc1ccc2c(c1)CN(CC(C)O)C2. The van der Waals surface area contributed by atoms with Crippen LogP contribution in [0.1, 0.15) is 30.5 Å². The molecular formula is C14H22N2O. The van der Waals surface area contributed by atoms with Crippen LogP contribution in [-0.4, -0.2) is 29.2 Å². The average molecular weight is 234 g/mol. The number of nitrogens with zero attached hydrogens (tertiary/aromatic N) is 1. The Morgan fingerprint density at radius 1 is 1.35 bits per heavy atom. The predicted octanol–water partition coefficient (Wildman–Crippen LogP) is 1.49. The van der Waals surface area contributed by atoms with Crippen molar-refractivity contribution in [3.05, 3.63) is 34.9 Å². The fraction of sp³-hybridized carbons (Fsp3) is 0.571. The minimum atomic E-state index is -0.245. The van der Waals surface area contributed by atoms with Gasteiger partial charge >= 0.3 is 0 Å². The first-order valence-corrected chi connectivity index (χ1v) is 6.41. The van der Waals surface area contributed by atoms with Crippen molar-refractivity contribution in [1.29, 1.82) is 0 Å². The lowest BCUT2D eigenvalue weighted by molar-refractivity contribution is 0.126. The van der Waals surface area contributed by atoms with E-state index < -0.39 is 0 Å². The highest BCUT2D eigenvalue weighted by Gasteiger charge is 2.19. The van der Waals surface area contributed by atoms with E-state index in [9.17, 15) is 5.11 Å². The second-order valence-corrected chi connectivity index (χ2v) is 4.90. The molecule has 0 amide bonds. The number of aliphatic hydroxyl groups excluding tert-OH is 1. The van der Waals surface area contributed by atoms with E-state index in [1.54, 1.807) is 0 Å². The van der Waals surface area contributed by atoms with Crippen molar-refractivity contribution in [3.63, 3.8) is 0 Å². The van der Waals surface area contributed by atoms with Gasteiger partial charge in [-0.05, 0) is 30.2 Å². The van der Waals surface area contributed by atoms with E-state index in [1.807, 2.05) is 6.92 Å². The van der Waals surface area contributed by atoms with Gasteiger partial charge in [0.25, 0.3) is 0 Å². The molecule has 0 aliphatic carbocycles. The second-order valence-electron chi connectivity index (χ2n) is 4.90. The number of hydrogen-bond acceptors (Lipinski definition) is 3. The summed E-state index contributed by atoms with van der Waals surface area (Å²) in [5, 5.41) is 12.8. The molecule has 17 heavy (non-hydrogen) atoms. The normalized spacial score (nSPS) is 17.1. The molecule has 3 nitrogen and oxygen atoms in total. The van der Waals surface area contributed by atoms with Crippen molar-refractivity contribution in [2.24, 2.45) is 0 Å². The van der Waals surface area contributed by atoms with Crippen molar-refractivity contribution in [1.82, 2.24) is 10.2 Å². The molecule has 94 valence electrons. The molecule has 0 saturated heterocycles. The minimum absolute atomic E-state index is 0.245. The van der Waals surface area contributed by atoms with Gasteiger partial charge in [-0.1, -0.05) is 25.1 Å². The van der Waals surface area contributed by atoms with Gasteiger partial charge in [-0.25, -0.2) is 0 Å². The summed E-state index contributed by atoms with van der Waals surface area (Å²) in [6.45, 7) is 8.63. The number of fused-ring (bicyclic) bond motifs is 1. The van der Waals surface area contributed by atoms with Crippen LogP contribution >= 0.6 is 0 Å². The van der Waals surface area contributed by atoms with Crippen LogP contribution in [0.2, 0.25) is 0 Å². The lowest BCUT2D eigenvalue weighted by Crippen LogP contribution is -2.25. The molecule has 2 N–H and O–H groups in total. The molecule has 2 rings (SSSR count). The van der Waals surface area contributed by atoms with Crippen molar-refractivity contribution in [2.75, 3.05) is 13.1 Å². The molecule has 1 heterocycles. The van der Waals surface area contributed by atoms with E-state index in [2.05, 4.69) is 35.3 Å². The van der Waals surface area contributed by atoms with Gasteiger partial charge in [0.15, 0.2) is 0 Å². The van der Waals surface area contributed by atoms with Crippen LogP contribution in [0.25, 0.3) is 0 Å². The maximum atomic E-state index is 9.41. The van der Waals surface area contributed by atoms with Gasteiger partial charge < -0.3 is 10.4 Å². The average Bonchev–Trinajstić information content (AvgIpc) is 2.66. The number of β-amino-alcohol motifs (C(OH)–C–C–N with tert-alkyl or cyclic N) is 1. The third-order valence-corrected chi connectivity index (χ3v) is 3.16. The number of nitrogens with one attached hydrogen (secondary N) is 1. The number of hydrogen-bond donors (Lipinski definition) is 2. The molecule has 0 saturated carbocycles. The molecule has 1 atom stereocenters. The molecule has 0 spiro atoms. The molecule has 0 aromatic heterocycles. The maximum Gasteiger partial charge on any atom is 0.0639 e. The van der Waals surface area contributed by atoms with Crippen LogP contribution in [0.4, 0.5) is 0 Å². The van der Waals surface area contributed by atoms with Crippen LogP contribution in [-0.2, 0) is 19.6 Å². The summed E-state index contributed by atoms with van der Waals surface area (Å²) in [4.78, 5) is 2.30. The summed E-state index contributed by atoms with van der Waals surface area (Å²) < 4.78 is 0. The Morgan fingerprint density at radius 3 is 2.82 bits per heavy atom. The number of rotatable bonds is 5. The fourth-order valence-corrected chi connectivity index (χ4v) is 2.40. The minimum Gasteiger partial charge on any atom is -0.392 e. The Hall–Kier alpha value is -0.900. The van der Waals surface area contributed by atoms with Gasteiger partial charge in [-0.3, -0.25) is 4.90 Å². The third-order valence-electron chi connectivity index (χ3n) is 3.16. The van der Waals surface area contributed by atoms with Gasteiger partial charge in [-0.15, -0.1) is 0 Å². The zero-order chi connectivity index (χ0) is 12.3. The highest BCUT2D eigenvalue weighted by Crippen LogP contribution is 2.23. The molecule has 1 unspecified atom stereocenters. The Labute approximate surface area is 103 Å². The summed E-state index contributed by atoms with van der Waals surface area (Å²) in [6, 6.07) is 6.72. The summed E-state index contributed by atoms with van der Waals surface area (Å²) in [7, 11) is 0. The first-order chi connectivity index (χ1) is 8.19. The Balaban J connectivity index is 2.00.